The van der Waals surface area contributed by atoms with Crippen LogP contribution in [0.2, 0.25) is 0 Å². The van der Waals surface area contributed by atoms with Crippen molar-refractivity contribution >= 4 is 8.60 Å². The molecule has 1 saturated heterocycles. The van der Waals surface area contributed by atoms with E-state index in [0.717, 1.165) is 0 Å². The van der Waals surface area contributed by atoms with Crippen molar-refractivity contribution < 1.29 is 26.7 Å². The van der Waals surface area contributed by atoms with Gasteiger partial charge in [0, 0.05) is 0 Å². The van der Waals surface area contributed by atoms with Crippen LogP contribution in [0.5, 0.6) is 0 Å². The average Bonchev–Trinajstić information content (AvgIpc) is 2.30. The molecule has 2 unspecified atom stereocenters. The summed E-state index contributed by atoms with van der Waals surface area (Å²) in [6.07, 6.45) is -4.50. The lowest BCUT2D eigenvalue weighted by molar-refractivity contribution is -0.154. The Morgan fingerprint density at radius 2 is 2.25 bits per heavy atom. The standard InChI is InChI=1S/C5H8F3O3P/c1-4-2-9-12(11-4)10-3-5(6,7)8/h4H,2-3H2,1H3. The van der Waals surface area contributed by atoms with Crippen LogP contribution in [0.3, 0.4) is 0 Å². The number of rotatable bonds is 2. The van der Waals surface area contributed by atoms with Crippen LogP contribution in [-0.2, 0) is 13.6 Å². The number of hydrogen-bond donors (Lipinski definition) is 0. The third-order valence-electron chi connectivity index (χ3n) is 1.01. The number of halogens is 3. The van der Waals surface area contributed by atoms with Gasteiger partial charge in [-0.1, -0.05) is 0 Å². The molecule has 0 radical (unpaired) electrons. The second kappa shape index (κ2) is 3.87. The predicted molar refractivity (Wildman–Crippen MR) is 35.4 cm³/mol. The highest BCUT2D eigenvalue weighted by Gasteiger charge is 2.33. The fraction of sp³-hybridized carbons (Fsp3) is 1.00. The first-order valence-electron chi connectivity index (χ1n) is 3.27. The van der Waals surface area contributed by atoms with Gasteiger partial charge < -0.3 is 13.6 Å². The van der Waals surface area contributed by atoms with E-state index in [1.54, 1.807) is 6.92 Å². The summed E-state index contributed by atoms with van der Waals surface area (Å²) in [5.74, 6) is 0. The van der Waals surface area contributed by atoms with E-state index in [1.807, 2.05) is 0 Å². The molecule has 0 aromatic rings. The first-order valence-corrected chi connectivity index (χ1v) is 4.36. The summed E-state index contributed by atoms with van der Waals surface area (Å²) in [6, 6.07) is 0. The smallest absolute Gasteiger partial charge is 0.310 e. The molecule has 7 heteroatoms. The molecule has 1 heterocycles. The third kappa shape index (κ3) is 3.67. The summed E-state index contributed by atoms with van der Waals surface area (Å²) in [5, 5.41) is 0. The molecular formula is C5H8F3O3P. The highest BCUT2D eigenvalue weighted by molar-refractivity contribution is 7.42. The van der Waals surface area contributed by atoms with E-state index in [0.29, 0.717) is 6.61 Å². The van der Waals surface area contributed by atoms with E-state index in [1.165, 1.54) is 0 Å². The van der Waals surface area contributed by atoms with Crippen molar-refractivity contribution in [1.29, 1.82) is 0 Å². The number of hydrogen-bond acceptors (Lipinski definition) is 3. The lowest BCUT2D eigenvalue weighted by Crippen LogP contribution is -2.15. The molecule has 12 heavy (non-hydrogen) atoms. The predicted octanol–water partition coefficient (Wildman–Crippen LogP) is 2.23. The van der Waals surface area contributed by atoms with Crippen molar-refractivity contribution in [2.24, 2.45) is 0 Å². The fourth-order valence-corrected chi connectivity index (χ4v) is 1.70. The van der Waals surface area contributed by atoms with Gasteiger partial charge in [-0.15, -0.1) is 0 Å². The van der Waals surface area contributed by atoms with Crippen molar-refractivity contribution in [3.05, 3.63) is 0 Å². The van der Waals surface area contributed by atoms with Gasteiger partial charge in [0.05, 0.1) is 12.7 Å². The van der Waals surface area contributed by atoms with E-state index in [2.05, 4.69) is 4.52 Å². The van der Waals surface area contributed by atoms with Crippen molar-refractivity contribution in [1.82, 2.24) is 0 Å². The van der Waals surface area contributed by atoms with Crippen LogP contribution in [0.25, 0.3) is 0 Å². The van der Waals surface area contributed by atoms with Gasteiger partial charge in [0.15, 0.2) is 6.61 Å². The Morgan fingerprint density at radius 3 is 2.67 bits per heavy atom. The van der Waals surface area contributed by atoms with E-state index < -0.39 is 21.4 Å². The van der Waals surface area contributed by atoms with E-state index in [-0.39, 0.29) is 6.10 Å². The summed E-state index contributed by atoms with van der Waals surface area (Å²) >= 11 is 0. The lowest BCUT2D eigenvalue weighted by atomic mass is 10.5. The van der Waals surface area contributed by atoms with Gasteiger partial charge in [-0.25, -0.2) is 0 Å². The van der Waals surface area contributed by atoms with Crippen LogP contribution < -0.4 is 0 Å². The Kier molecular flexibility index (Phi) is 3.29. The molecule has 1 rings (SSSR count). The maximum atomic E-state index is 11.6. The zero-order valence-electron chi connectivity index (χ0n) is 6.30. The van der Waals surface area contributed by atoms with Gasteiger partial charge in [-0.05, 0) is 6.92 Å². The molecule has 0 bridgehead atoms. The van der Waals surface area contributed by atoms with Gasteiger partial charge in [0.1, 0.15) is 0 Å². The summed E-state index contributed by atoms with van der Waals surface area (Å²) in [6.45, 7) is 0.689. The molecule has 1 aliphatic heterocycles. The Labute approximate surface area is 68.8 Å². The molecule has 0 amide bonds. The van der Waals surface area contributed by atoms with Crippen LogP contribution in [0, 0.1) is 0 Å². The maximum Gasteiger partial charge on any atom is 0.412 e. The fourth-order valence-electron chi connectivity index (χ4n) is 0.567. The molecular weight excluding hydrogens is 196 g/mol. The Morgan fingerprint density at radius 1 is 1.58 bits per heavy atom. The Balaban J connectivity index is 2.16. The molecule has 0 saturated carbocycles. The number of alkyl halides is 3. The zero-order chi connectivity index (χ0) is 9.19. The van der Waals surface area contributed by atoms with Crippen LogP contribution in [0.1, 0.15) is 6.92 Å². The molecule has 72 valence electrons. The summed E-state index contributed by atoms with van der Waals surface area (Å²) in [5.41, 5.74) is 0. The molecule has 0 N–H and O–H groups in total. The van der Waals surface area contributed by atoms with E-state index in [4.69, 9.17) is 9.05 Å². The molecule has 2 atom stereocenters. The van der Waals surface area contributed by atoms with Crippen LogP contribution in [0.4, 0.5) is 13.2 Å². The van der Waals surface area contributed by atoms with E-state index in [9.17, 15) is 13.2 Å². The first kappa shape index (κ1) is 10.2. The van der Waals surface area contributed by atoms with Crippen molar-refractivity contribution in [2.45, 2.75) is 19.2 Å². The second-order valence-electron chi connectivity index (χ2n) is 2.32. The van der Waals surface area contributed by atoms with Crippen molar-refractivity contribution in [3.63, 3.8) is 0 Å². The second-order valence-corrected chi connectivity index (χ2v) is 3.50. The summed E-state index contributed by atoms with van der Waals surface area (Å²) in [4.78, 5) is 0. The average molecular weight is 204 g/mol. The molecule has 0 aromatic heterocycles. The topological polar surface area (TPSA) is 27.7 Å². The Hall–Kier alpha value is 0.100. The normalized spacial score (nSPS) is 31.0. The minimum Gasteiger partial charge on any atom is -0.310 e. The molecule has 1 fully saturated rings. The van der Waals surface area contributed by atoms with Gasteiger partial charge in [0.25, 0.3) is 0 Å². The highest BCUT2D eigenvalue weighted by atomic mass is 31.2. The highest BCUT2D eigenvalue weighted by Crippen LogP contribution is 2.46. The largest absolute Gasteiger partial charge is 0.412 e. The quantitative estimate of drug-likeness (QED) is 0.645. The SMILES string of the molecule is CC1COP(OCC(F)(F)F)O1. The summed E-state index contributed by atoms with van der Waals surface area (Å²) in [7, 11) is -1.77. The molecule has 3 nitrogen and oxygen atoms in total. The first-order chi connectivity index (χ1) is 5.47. The summed E-state index contributed by atoms with van der Waals surface area (Å²) < 4.78 is 48.7. The van der Waals surface area contributed by atoms with Crippen molar-refractivity contribution in [3.8, 4) is 0 Å². The molecule has 0 aromatic carbocycles. The monoisotopic (exact) mass is 204 g/mol. The zero-order valence-corrected chi connectivity index (χ0v) is 7.19. The maximum absolute atomic E-state index is 11.6. The molecule has 1 aliphatic rings. The van der Waals surface area contributed by atoms with Crippen molar-refractivity contribution in [2.75, 3.05) is 13.2 Å². The van der Waals surface area contributed by atoms with Gasteiger partial charge in [0.2, 0.25) is 0 Å². The van der Waals surface area contributed by atoms with E-state index >= 15 is 0 Å². The van der Waals surface area contributed by atoms with Crippen LogP contribution >= 0.6 is 8.60 Å². The molecule has 0 aliphatic carbocycles. The molecule has 0 spiro atoms. The van der Waals surface area contributed by atoms with Gasteiger partial charge in [-0.2, -0.15) is 13.2 Å². The lowest BCUT2D eigenvalue weighted by Gasteiger charge is -2.10. The minimum absolute atomic E-state index is 0.177. The minimum atomic E-state index is -4.32. The third-order valence-corrected chi connectivity index (χ3v) is 2.25. The Bertz CT molecular complexity index is 151. The van der Waals surface area contributed by atoms with Gasteiger partial charge >= 0.3 is 14.8 Å². The van der Waals surface area contributed by atoms with Crippen LogP contribution in [0.15, 0.2) is 0 Å². The van der Waals surface area contributed by atoms with Crippen LogP contribution in [-0.4, -0.2) is 25.5 Å². The van der Waals surface area contributed by atoms with Gasteiger partial charge in [-0.3, -0.25) is 0 Å².